The Morgan fingerprint density at radius 3 is 2.57 bits per heavy atom. The Labute approximate surface area is 85.4 Å². The van der Waals surface area contributed by atoms with Gasteiger partial charge in [0.2, 0.25) is 0 Å². The molecule has 0 amide bonds. The van der Waals surface area contributed by atoms with Gasteiger partial charge in [0.15, 0.2) is 0 Å². The Morgan fingerprint density at radius 2 is 1.86 bits per heavy atom. The summed E-state index contributed by atoms with van der Waals surface area (Å²) in [7, 11) is 0. The second-order valence-electron chi connectivity index (χ2n) is 4.42. The molecule has 0 aliphatic heterocycles. The standard InChI is InChI=1S/C11H18N2O/c12-8-9-4-3-7-11(9)13-14-10-5-1-2-6-10/h9-11,13H,1-7H2. The highest BCUT2D eigenvalue weighted by atomic mass is 16.7. The fourth-order valence-electron chi connectivity index (χ4n) is 2.45. The molecule has 2 aliphatic carbocycles. The van der Waals surface area contributed by atoms with Gasteiger partial charge in [0.05, 0.1) is 18.1 Å². The third-order valence-corrected chi connectivity index (χ3v) is 3.37. The molecule has 2 rings (SSSR count). The minimum Gasteiger partial charge on any atom is -0.298 e. The number of nitrogens with one attached hydrogen (secondary N) is 1. The van der Waals surface area contributed by atoms with Gasteiger partial charge in [0, 0.05) is 6.04 Å². The molecule has 2 aliphatic rings. The molecule has 2 saturated carbocycles. The van der Waals surface area contributed by atoms with Crippen LogP contribution in [0.15, 0.2) is 0 Å². The molecule has 2 fully saturated rings. The zero-order valence-corrected chi connectivity index (χ0v) is 8.54. The monoisotopic (exact) mass is 194 g/mol. The van der Waals surface area contributed by atoms with E-state index in [0.717, 1.165) is 19.3 Å². The SMILES string of the molecule is N#CC1CCCC1NOC1CCCC1. The minimum absolute atomic E-state index is 0.163. The van der Waals surface area contributed by atoms with Crippen LogP contribution in [-0.2, 0) is 4.84 Å². The molecule has 78 valence electrons. The Bertz CT molecular complexity index is 218. The number of hydrogen-bond donors (Lipinski definition) is 1. The van der Waals surface area contributed by atoms with Gasteiger partial charge in [-0.05, 0) is 25.7 Å². The number of nitriles is 1. The van der Waals surface area contributed by atoms with Crippen molar-refractivity contribution in [3.63, 3.8) is 0 Å². The molecule has 1 N–H and O–H groups in total. The van der Waals surface area contributed by atoms with Crippen LogP contribution in [0.1, 0.15) is 44.9 Å². The summed E-state index contributed by atoms with van der Waals surface area (Å²) in [5, 5.41) is 8.88. The second kappa shape index (κ2) is 4.77. The van der Waals surface area contributed by atoms with Crippen molar-refractivity contribution in [1.29, 1.82) is 5.26 Å². The minimum atomic E-state index is 0.163. The van der Waals surface area contributed by atoms with Crippen molar-refractivity contribution < 1.29 is 4.84 Å². The highest BCUT2D eigenvalue weighted by Crippen LogP contribution is 2.26. The molecule has 2 unspecified atom stereocenters. The van der Waals surface area contributed by atoms with Gasteiger partial charge in [0.1, 0.15) is 0 Å². The van der Waals surface area contributed by atoms with Crippen LogP contribution >= 0.6 is 0 Å². The molecule has 0 heterocycles. The van der Waals surface area contributed by atoms with Crippen molar-refractivity contribution in [2.24, 2.45) is 5.92 Å². The summed E-state index contributed by atoms with van der Waals surface area (Å²) in [6.07, 6.45) is 8.61. The maximum Gasteiger partial charge on any atom is 0.0790 e. The van der Waals surface area contributed by atoms with Crippen molar-refractivity contribution in [2.45, 2.75) is 57.1 Å². The van der Waals surface area contributed by atoms with E-state index in [1.54, 1.807) is 0 Å². The van der Waals surface area contributed by atoms with Gasteiger partial charge in [-0.25, -0.2) is 0 Å². The summed E-state index contributed by atoms with van der Waals surface area (Å²) >= 11 is 0. The van der Waals surface area contributed by atoms with Gasteiger partial charge in [-0.3, -0.25) is 4.84 Å². The molecular weight excluding hydrogens is 176 g/mol. The fraction of sp³-hybridized carbons (Fsp3) is 0.909. The van der Waals surface area contributed by atoms with E-state index in [1.165, 1.54) is 25.7 Å². The van der Waals surface area contributed by atoms with Crippen LogP contribution in [0.4, 0.5) is 0 Å². The highest BCUT2D eigenvalue weighted by molar-refractivity contribution is 4.95. The maximum absolute atomic E-state index is 8.88. The average molecular weight is 194 g/mol. The normalized spacial score (nSPS) is 33.4. The van der Waals surface area contributed by atoms with Crippen LogP contribution in [0.3, 0.4) is 0 Å². The van der Waals surface area contributed by atoms with Crippen LogP contribution in [0.25, 0.3) is 0 Å². The number of rotatable bonds is 3. The van der Waals surface area contributed by atoms with E-state index in [-0.39, 0.29) is 12.0 Å². The van der Waals surface area contributed by atoms with Crippen molar-refractivity contribution in [3.05, 3.63) is 0 Å². The molecule has 0 bridgehead atoms. The van der Waals surface area contributed by atoms with E-state index in [1.807, 2.05) is 0 Å². The first-order valence-electron chi connectivity index (χ1n) is 5.71. The molecule has 0 aromatic heterocycles. The lowest BCUT2D eigenvalue weighted by atomic mass is 10.1. The van der Waals surface area contributed by atoms with Gasteiger partial charge in [-0.1, -0.05) is 19.3 Å². The van der Waals surface area contributed by atoms with Crippen LogP contribution in [0.5, 0.6) is 0 Å². The summed E-state index contributed by atoms with van der Waals surface area (Å²) in [6.45, 7) is 0. The molecule has 0 spiro atoms. The van der Waals surface area contributed by atoms with Gasteiger partial charge < -0.3 is 0 Å². The Balaban J connectivity index is 1.71. The van der Waals surface area contributed by atoms with E-state index in [0.29, 0.717) is 6.10 Å². The molecule has 2 atom stereocenters. The summed E-state index contributed by atoms with van der Waals surface area (Å²) in [5.74, 6) is 0.163. The Kier molecular flexibility index (Phi) is 3.39. The average Bonchev–Trinajstić information content (AvgIpc) is 2.85. The summed E-state index contributed by atoms with van der Waals surface area (Å²) in [4.78, 5) is 5.62. The van der Waals surface area contributed by atoms with Crippen LogP contribution in [0, 0.1) is 17.2 Å². The van der Waals surface area contributed by atoms with E-state index < -0.39 is 0 Å². The lowest BCUT2D eigenvalue weighted by Crippen LogP contribution is -2.34. The van der Waals surface area contributed by atoms with Crippen LogP contribution < -0.4 is 5.48 Å². The van der Waals surface area contributed by atoms with Crippen molar-refractivity contribution >= 4 is 0 Å². The van der Waals surface area contributed by atoms with Crippen LogP contribution in [-0.4, -0.2) is 12.1 Å². The lowest BCUT2D eigenvalue weighted by molar-refractivity contribution is -0.0431. The Morgan fingerprint density at radius 1 is 1.07 bits per heavy atom. The van der Waals surface area contributed by atoms with Crippen LogP contribution in [0.2, 0.25) is 0 Å². The zero-order valence-electron chi connectivity index (χ0n) is 8.54. The van der Waals surface area contributed by atoms with E-state index >= 15 is 0 Å². The van der Waals surface area contributed by atoms with Gasteiger partial charge in [0.25, 0.3) is 0 Å². The van der Waals surface area contributed by atoms with Gasteiger partial charge in [-0.15, -0.1) is 0 Å². The first kappa shape index (κ1) is 9.95. The predicted molar refractivity (Wildman–Crippen MR) is 53.2 cm³/mol. The molecular formula is C11H18N2O. The summed E-state index contributed by atoms with van der Waals surface area (Å²) < 4.78 is 0. The molecule has 0 aromatic rings. The first-order chi connectivity index (χ1) is 6.90. The summed E-state index contributed by atoms with van der Waals surface area (Å²) in [5.41, 5.74) is 3.10. The Hall–Kier alpha value is -0.590. The topological polar surface area (TPSA) is 45.0 Å². The summed E-state index contributed by atoms with van der Waals surface area (Å²) in [6, 6.07) is 2.63. The molecule has 14 heavy (non-hydrogen) atoms. The third-order valence-electron chi connectivity index (χ3n) is 3.37. The fourth-order valence-corrected chi connectivity index (χ4v) is 2.45. The molecule has 0 saturated heterocycles. The number of hydroxylamine groups is 1. The van der Waals surface area contributed by atoms with Gasteiger partial charge >= 0.3 is 0 Å². The highest BCUT2D eigenvalue weighted by Gasteiger charge is 2.28. The smallest absolute Gasteiger partial charge is 0.0790 e. The van der Waals surface area contributed by atoms with Crippen molar-refractivity contribution in [3.8, 4) is 6.07 Å². The van der Waals surface area contributed by atoms with E-state index in [2.05, 4.69) is 11.5 Å². The third kappa shape index (κ3) is 2.26. The molecule has 3 nitrogen and oxygen atoms in total. The van der Waals surface area contributed by atoms with E-state index in [9.17, 15) is 0 Å². The zero-order chi connectivity index (χ0) is 9.80. The lowest BCUT2D eigenvalue weighted by Gasteiger charge is -2.18. The molecule has 0 aromatic carbocycles. The molecule has 0 radical (unpaired) electrons. The number of nitrogens with zero attached hydrogens (tertiary/aromatic N) is 1. The maximum atomic E-state index is 8.88. The van der Waals surface area contributed by atoms with Crippen molar-refractivity contribution in [2.75, 3.05) is 0 Å². The largest absolute Gasteiger partial charge is 0.298 e. The van der Waals surface area contributed by atoms with Gasteiger partial charge in [-0.2, -0.15) is 10.7 Å². The quantitative estimate of drug-likeness (QED) is 0.700. The second-order valence-corrected chi connectivity index (χ2v) is 4.42. The predicted octanol–water partition coefficient (Wildman–Crippen LogP) is 2.14. The first-order valence-corrected chi connectivity index (χ1v) is 5.71. The van der Waals surface area contributed by atoms with E-state index in [4.69, 9.17) is 10.1 Å². The van der Waals surface area contributed by atoms with Crippen molar-refractivity contribution in [1.82, 2.24) is 5.48 Å². The molecule has 3 heteroatoms. The number of hydrogen-bond acceptors (Lipinski definition) is 3.